The van der Waals surface area contributed by atoms with E-state index in [4.69, 9.17) is 16.1 Å². The number of hydrogen-bond acceptors (Lipinski definition) is 6. The molecule has 124 valence electrons. The van der Waals surface area contributed by atoms with Gasteiger partial charge in [0.2, 0.25) is 17.6 Å². The van der Waals surface area contributed by atoms with Crippen molar-refractivity contribution in [2.75, 3.05) is 6.54 Å². The average Bonchev–Trinajstić information content (AvgIpc) is 3.25. The minimum absolute atomic E-state index is 0.0667. The number of hydrogen-bond donors (Lipinski definition) is 1. The Kier molecular flexibility index (Phi) is 5.17. The Morgan fingerprint density at radius 3 is 2.88 bits per heavy atom. The SMILES string of the molecule is O=C(CCn1cncn1)NCCc1nc(-c2ccc(Cl)cc2)no1. The van der Waals surface area contributed by atoms with Crippen molar-refractivity contribution in [2.24, 2.45) is 0 Å². The van der Waals surface area contributed by atoms with E-state index >= 15 is 0 Å². The molecule has 3 aromatic rings. The van der Waals surface area contributed by atoms with Crippen LogP contribution in [0.15, 0.2) is 41.4 Å². The fourth-order valence-corrected chi connectivity index (χ4v) is 2.16. The van der Waals surface area contributed by atoms with Crippen molar-refractivity contribution in [1.29, 1.82) is 0 Å². The van der Waals surface area contributed by atoms with Gasteiger partial charge in [0.05, 0.1) is 6.54 Å². The van der Waals surface area contributed by atoms with E-state index in [2.05, 4.69) is 25.5 Å². The van der Waals surface area contributed by atoms with E-state index < -0.39 is 0 Å². The summed E-state index contributed by atoms with van der Waals surface area (Å²) in [5.74, 6) is 0.902. The number of nitrogens with one attached hydrogen (secondary N) is 1. The molecule has 24 heavy (non-hydrogen) atoms. The first kappa shape index (κ1) is 16.1. The van der Waals surface area contributed by atoms with E-state index in [-0.39, 0.29) is 5.91 Å². The Morgan fingerprint density at radius 1 is 1.29 bits per heavy atom. The molecular weight excluding hydrogens is 332 g/mol. The Labute approximate surface area is 142 Å². The fourth-order valence-electron chi connectivity index (χ4n) is 2.03. The van der Waals surface area contributed by atoms with E-state index in [0.717, 1.165) is 5.56 Å². The molecule has 0 aliphatic heterocycles. The maximum atomic E-state index is 11.7. The molecule has 1 aromatic carbocycles. The van der Waals surface area contributed by atoms with Crippen LogP contribution in [0.25, 0.3) is 11.4 Å². The highest BCUT2D eigenvalue weighted by Gasteiger charge is 2.09. The molecule has 0 atom stereocenters. The quantitative estimate of drug-likeness (QED) is 0.699. The van der Waals surface area contributed by atoms with Crippen LogP contribution in [0.4, 0.5) is 0 Å². The average molecular weight is 347 g/mol. The van der Waals surface area contributed by atoms with Gasteiger partial charge in [-0.15, -0.1) is 0 Å². The lowest BCUT2D eigenvalue weighted by molar-refractivity contribution is -0.121. The van der Waals surface area contributed by atoms with Gasteiger partial charge < -0.3 is 9.84 Å². The van der Waals surface area contributed by atoms with E-state index in [9.17, 15) is 4.79 Å². The van der Waals surface area contributed by atoms with Crippen molar-refractivity contribution in [3.63, 3.8) is 0 Å². The molecule has 0 fully saturated rings. The fraction of sp³-hybridized carbons (Fsp3) is 0.267. The van der Waals surface area contributed by atoms with Gasteiger partial charge in [0.1, 0.15) is 12.7 Å². The normalized spacial score (nSPS) is 10.7. The second-order valence-corrected chi connectivity index (χ2v) is 5.46. The summed E-state index contributed by atoms with van der Waals surface area (Å²) in [6.45, 7) is 0.922. The Hall–Kier alpha value is -2.74. The lowest BCUT2D eigenvalue weighted by Crippen LogP contribution is -2.26. The summed E-state index contributed by atoms with van der Waals surface area (Å²) in [6.07, 6.45) is 3.81. The summed E-state index contributed by atoms with van der Waals surface area (Å²) < 4.78 is 6.79. The number of aromatic nitrogens is 5. The predicted molar refractivity (Wildman–Crippen MR) is 86.1 cm³/mol. The molecule has 0 aliphatic carbocycles. The van der Waals surface area contributed by atoms with E-state index in [0.29, 0.717) is 42.7 Å². The van der Waals surface area contributed by atoms with Crippen LogP contribution in [0.2, 0.25) is 5.02 Å². The number of carbonyl (C=O) groups excluding carboxylic acids is 1. The van der Waals surface area contributed by atoms with Gasteiger partial charge in [-0.25, -0.2) is 4.98 Å². The maximum Gasteiger partial charge on any atom is 0.228 e. The van der Waals surface area contributed by atoms with Crippen LogP contribution in [-0.4, -0.2) is 37.4 Å². The number of aryl methyl sites for hydroxylation is 1. The molecule has 0 saturated carbocycles. The van der Waals surface area contributed by atoms with Gasteiger partial charge >= 0.3 is 0 Å². The highest BCUT2D eigenvalue weighted by molar-refractivity contribution is 6.30. The minimum Gasteiger partial charge on any atom is -0.356 e. The molecule has 8 nitrogen and oxygen atoms in total. The summed E-state index contributed by atoms with van der Waals surface area (Å²) in [6, 6.07) is 7.18. The van der Waals surface area contributed by atoms with Crippen molar-refractivity contribution in [2.45, 2.75) is 19.4 Å². The van der Waals surface area contributed by atoms with Crippen LogP contribution in [0.5, 0.6) is 0 Å². The summed E-state index contributed by atoms with van der Waals surface area (Å²) in [5.41, 5.74) is 0.825. The van der Waals surface area contributed by atoms with Crippen LogP contribution in [0.1, 0.15) is 12.3 Å². The molecule has 2 aromatic heterocycles. The highest BCUT2D eigenvalue weighted by atomic mass is 35.5. The zero-order valence-electron chi connectivity index (χ0n) is 12.7. The molecule has 0 aliphatic rings. The number of amides is 1. The second-order valence-electron chi connectivity index (χ2n) is 5.03. The van der Waals surface area contributed by atoms with Gasteiger partial charge in [0, 0.05) is 30.0 Å². The van der Waals surface area contributed by atoms with Gasteiger partial charge in [0.15, 0.2) is 0 Å². The smallest absolute Gasteiger partial charge is 0.228 e. The van der Waals surface area contributed by atoms with Gasteiger partial charge in [-0.3, -0.25) is 9.48 Å². The van der Waals surface area contributed by atoms with Crippen LogP contribution in [0, 0.1) is 0 Å². The number of rotatable bonds is 7. The number of carbonyl (C=O) groups is 1. The Morgan fingerprint density at radius 2 is 2.12 bits per heavy atom. The van der Waals surface area contributed by atoms with Crippen molar-refractivity contribution in [3.8, 4) is 11.4 Å². The first-order valence-corrected chi connectivity index (χ1v) is 7.76. The largest absolute Gasteiger partial charge is 0.356 e. The van der Waals surface area contributed by atoms with Gasteiger partial charge in [-0.1, -0.05) is 16.8 Å². The van der Waals surface area contributed by atoms with Crippen LogP contribution in [-0.2, 0) is 17.8 Å². The summed E-state index contributed by atoms with van der Waals surface area (Å²) in [5, 5.41) is 11.3. The third kappa shape index (κ3) is 4.39. The highest BCUT2D eigenvalue weighted by Crippen LogP contribution is 2.18. The molecule has 0 unspecified atom stereocenters. The van der Waals surface area contributed by atoms with Gasteiger partial charge in [-0.05, 0) is 24.3 Å². The van der Waals surface area contributed by atoms with E-state index in [1.807, 2.05) is 12.1 Å². The molecule has 0 bridgehead atoms. The summed E-state index contributed by atoms with van der Waals surface area (Å²) in [7, 11) is 0. The van der Waals surface area contributed by atoms with Crippen molar-refractivity contribution >= 4 is 17.5 Å². The summed E-state index contributed by atoms with van der Waals surface area (Å²) in [4.78, 5) is 19.9. The first-order valence-electron chi connectivity index (χ1n) is 7.38. The molecular formula is C15H15ClN6O2. The molecule has 1 amide bonds. The molecule has 2 heterocycles. The molecule has 9 heteroatoms. The predicted octanol–water partition coefficient (Wildman–Crippen LogP) is 1.73. The molecule has 0 radical (unpaired) electrons. The van der Waals surface area contributed by atoms with Crippen LogP contribution >= 0.6 is 11.6 Å². The third-order valence-corrected chi connectivity index (χ3v) is 3.52. The topological polar surface area (TPSA) is 98.7 Å². The maximum absolute atomic E-state index is 11.7. The van der Waals surface area contributed by atoms with Crippen molar-refractivity contribution in [1.82, 2.24) is 30.2 Å². The minimum atomic E-state index is -0.0667. The van der Waals surface area contributed by atoms with Gasteiger partial charge in [-0.2, -0.15) is 10.1 Å². The monoisotopic (exact) mass is 346 g/mol. The van der Waals surface area contributed by atoms with Crippen molar-refractivity contribution < 1.29 is 9.32 Å². The number of halogens is 1. The Balaban J connectivity index is 1.43. The Bertz CT molecular complexity index is 785. The molecule has 3 rings (SSSR count). The summed E-state index contributed by atoms with van der Waals surface area (Å²) >= 11 is 5.85. The third-order valence-electron chi connectivity index (χ3n) is 3.27. The molecule has 1 N–H and O–H groups in total. The lowest BCUT2D eigenvalue weighted by atomic mass is 10.2. The van der Waals surface area contributed by atoms with Crippen molar-refractivity contribution in [3.05, 3.63) is 47.8 Å². The number of nitrogens with zero attached hydrogens (tertiary/aromatic N) is 5. The van der Waals surface area contributed by atoms with Crippen LogP contribution < -0.4 is 5.32 Å². The standard InChI is InChI=1S/C15H15ClN6O2/c16-12-3-1-11(2-4-12)15-20-14(24-21-15)5-7-18-13(23)6-8-22-10-17-9-19-22/h1-4,9-10H,5-8H2,(H,18,23). The van der Waals surface area contributed by atoms with Crippen LogP contribution in [0.3, 0.4) is 0 Å². The first-order chi connectivity index (χ1) is 11.7. The molecule has 0 saturated heterocycles. The zero-order valence-corrected chi connectivity index (χ0v) is 13.5. The number of benzene rings is 1. The lowest BCUT2D eigenvalue weighted by Gasteiger charge is -2.03. The second kappa shape index (κ2) is 7.69. The molecule has 0 spiro atoms. The zero-order chi connectivity index (χ0) is 16.8. The van der Waals surface area contributed by atoms with E-state index in [1.165, 1.54) is 6.33 Å². The van der Waals surface area contributed by atoms with E-state index in [1.54, 1.807) is 23.1 Å². The van der Waals surface area contributed by atoms with Gasteiger partial charge in [0.25, 0.3) is 0 Å².